The van der Waals surface area contributed by atoms with E-state index in [2.05, 4.69) is 35.9 Å². The molecule has 1 saturated heterocycles. The molecule has 2 aromatic carbocycles. The Morgan fingerprint density at radius 1 is 1.12 bits per heavy atom. The van der Waals surface area contributed by atoms with Crippen molar-refractivity contribution in [2.24, 2.45) is 0 Å². The van der Waals surface area contributed by atoms with Crippen molar-refractivity contribution >= 4 is 21.7 Å². The zero-order valence-corrected chi connectivity index (χ0v) is 18.4. The Bertz CT molecular complexity index is 1350. The van der Waals surface area contributed by atoms with Crippen LogP contribution in [-0.2, 0) is 11.2 Å². The van der Waals surface area contributed by atoms with Crippen molar-refractivity contribution in [2.75, 3.05) is 13.2 Å². The average molecular weight is 430 g/mol. The third kappa shape index (κ3) is 3.70. The molecule has 6 heteroatoms. The van der Waals surface area contributed by atoms with E-state index in [-0.39, 0.29) is 5.56 Å². The molecule has 164 valence electrons. The molecule has 6 nitrogen and oxygen atoms in total. The van der Waals surface area contributed by atoms with E-state index < -0.39 is 12.1 Å². The number of ether oxygens (including phenoxy) is 1. The van der Waals surface area contributed by atoms with Crippen molar-refractivity contribution in [3.63, 3.8) is 0 Å². The third-order valence-corrected chi connectivity index (χ3v) is 6.36. The number of rotatable bonds is 4. The summed E-state index contributed by atoms with van der Waals surface area (Å²) in [6.07, 6.45) is 4.00. The lowest BCUT2D eigenvalue weighted by Crippen LogP contribution is -2.39. The molecule has 0 radical (unpaired) electrons. The van der Waals surface area contributed by atoms with E-state index in [4.69, 9.17) is 4.74 Å². The molecule has 0 bridgehead atoms. The van der Waals surface area contributed by atoms with Crippen molar-refractivity contribution in [3.05, 3.63) is 82.2 Å². The second-order valence-electron chi connectivity index (χ2n) is 8.85. The summed E-state index contributed by atoms with van der Waals surface area (Å²) in [5, 5.41) is 13.1. The number of nitrogens with zero attached hydrogens (tertiary/aromatic N) is 3. The molecule has 0 unspecified atom stereocenters. The van der Waals surface area contributed by atoms with Gasteiger partial charge >= 0.3 is 0 Å². The van der Waals surface area contributed by atoms with Gasteiger partial charge in [0.15, 0.2) is 0 Å². The second kappa shape index (κ2) is 8.45. The van der Waals surface area contributed by atoms with Crippen LogP contribution in [0.25, 0.3) is 21.7 Å². The van der Waals surface area contributed by atoms with Gasteiger partial charge in [-0.1, -0.05) is 38.1 Å². The van der Waals surface area contributed by atoms with E-state index in [1.807, 2.05) is 36.5 Å². The van der Waals surface area contributed by atoms with Crippen LogP contribution in [0.15, 0.2) is 59.8 Å². The first-order valence-electron chi connectivity index (χ1n) is 11.1. The Morgan fingerprint density at radius 2 is 1.94 bits per heavy atom. The van der Waals surface area contributed by atoms with Crippen LogP contribution in [0.5, 0.6) is 0 Å². The fourth-order valence-corrected chi connectivity index (χ4v) is 4.55. The number of fused-ring (bicyclic) bond motifs is 3. The zero-order valence-electron chi connectivity index (χ0n) is 18.4. The Morgan fingerprint density at radius 3 is 2.72 bits per heavy atom. The summed E-state index contributed by atoms with van der Waals surface area (Å²) in [6, 6.07) is 13.8. The average Bonchev–Trinajstić information content (AvgIpc) is 2.81. The standard InChI is InChI=1S/C26H27N3O3/c1-16(2)22-12-17(7-9-27-22)11-18-13-21-25(20-6-4-3-5-19(18)20)28-15-29(26(21)31)23-14-32-10-8-24(23)30/h3-7,9,12-13,15-16,23-24,30H,8,10-11,14H2,1-2H3/t23-,24-/m0/s1. The molecule has 1 aliphatic heterocycles. The number of benzene rings is 2. The van der Waals surface area contributed by atoms with Crippen molar-refractivity contribution in [3.8, 4) is 0 Å². The normalized spacial score (nSPS) is 19.1. The van der Waals surface area contributed by atoms with Crippen LogP contribution in [0.2, 0.25) is 0 Å². The smallest absolute Gasteiger partial charge is 0.261 e. The lowest BCUT2D eigenvalue weighted by molar-refractivity contribution is -0.0303. The molecular formula is C26H27N3O3. The minimum absolute atomic E-state index is 0.144. The molecule has 1 N–H and O–H groups in total. The lowest BCUT2D eigenvalue weighted by atomic mass is 9.95. The van der Waals surface area contributed by atoms with Gasteiger partial charge in [-0.2, -0.15) is 0 Å². The van der Waals surface area contributed by atoms with Crippen LogP contribution < -0.4 is 5.56 Å². The highest BCUT2D eigenvalue weighted by molar-refractivity contribution is 6.06. The van der Waals surface area contributed by atoms with E-state index in [1.165, 1.54) is 4.57 Å². The molecule has 1 fully saturated rings. The van der Waals surface area contributed by atoms with Gasteiger partial charge in [0.05, 0.1) is 36.0 Å². The highest BCUT2D eigenvalue weighted by Crippen LogP contribution is 2.29. The van der Waals surface area contributed by atoms with Gasteiger partial charge in [0.2, 0.25) is 0 Å². The van der Waals surface area contributed by atoms with Gasteiger partial charge < -0.3 is 9.84 Å². The molecule has 2 aromatic heterocycles. The van der Waals surface area contributed by atoms with Gasteiger partial charge in [-0.05, 0) is 53.5 Å². The van der Waals surface area contributed by atoms with Gasteiger partial charge in [0.25, 0.3) is 5.56 Å². The maximum Gasteiger partial charge on any atom is 0.261 e. The monoisotopic (exact) mass is 429 g/mol. The number of aromatic nitrogens is 3. The molecule has 3 heterocycles. The van der Waals surface area contributed by atoms with E-state index in [1.54, 1.807) is 6.33 Å². The molecule has 0 saturated carbocycles. The second-order valence-corrected chi connectivity index (χ2v) is 8.85. The van der Waals surface area contributed by atoms with Crippen LogP contribution in [0, 0.1) is 0 Å². The maximum absolute atomic E-state index is 13.5. The molecule has 0 aliphatic carbocycles. The van der Waals surface area contributed by atoms with E-state index in [0.717, 1.165) is 27.6 Å². The number of hydrogen-bond donors (Lipinski definition) is 1. The minimum Gasteiger partial charge on any atom is -0.391 e. The Kier molecular flexibility index (Phi) is 5.49. The highest BCUT2D eigenvalue weighted by atomic mass is 16.5. The third-order valence-electron chi connectivity index (χ3n) is 6.36. The summed E-state index contributed by atoms with van der Waals surface area (Å²) < 4.78 is 7.06. The SMILES string of the molecule is CC(C)c1cc(Cc2cc3c(=O)n([C@H]4COCC[C@@H]4O)cnc3c3ccccc23)ccn1. The molecule has 0 spiro atoms. The first kappa shape index (κ1) is 20.8. The first-order chi connectivity index (χ1) is 15.5. The predicted molar refractivity (Wildman–Crippen MR) is 125 cm³/mol. The van der Waals surface area contributed by atoms with Crippen LogP contribution in [0.4, 0.5) is 0 Å². The Balaban J connectivity index is 1.67. The van der Waals surface area contributed by atoms with Gasteiger partial charge in [-0.25, -0.2) is 4.98 Å². The molecule has 1 aliphatic rings. The highest BCUT2D eigenvalue weighted by Gasteiger charge is 2.27. The summed E-state index contributed by atoms with van der Waals surface area (Å²) in [7, 11) is 0. The quantitative estimate of drug-likeness (QED) is 0.497. The van der Waals surface area contributed by atoms with Gasteiger partial charge in [0.1, 0.15) is 0 Å². The summed E-state index contributed by atoms with van der Waals surface area (Å²) in [6.45, 7) is 5.08. The van der Waals surface area contributed by atoms with E-state index >= 15 is 0 Å². The fraction of sp³-hybridized carbons (Fsp3) is 0.346. The largest absolute Gasteiger partial charge is 0.391 e. The molecular weight excluding hydrogens is 402 g/mol. The molecule has 5 rings (SSSR count). The molecule has 2 atom stereocenters. The molecule has 4 aromatic rings. The van der Waals surface area contributed by atoms with Crippen molar-refractivity contribution < 1.29 is 9.84 Å². The van der Waals surface area contributed by atoms with Crippen molar-refractivity contribution in [1.82, 2.24) is 14.5 Å². The van der Waals surface area contributed by atoms with E-state index in [0.29, 0.717) is 42.9 Å². The molecule has 0 amide bonds. The van der Waals surface area contributed by atoms with Crippen molar-refractivity contribution in [1.29, 1.82) is 0 Å². The number of aliphatic hydroxyl groups excluding tert-OH is 1. The van der Waals surface area contributed by atoms with Gasteiger partial charge in [-0.15, -0.1) is 0 Å². The number of hydrogen-bond acceptors (Lipinski definition) is 5. The fourth-order valence-electron chi connectivity index (χ4n) is 4.55. The van der Waals surface area contributed by atoms with Gasteiger partial charge in [-0.3, -0.25) is 14.3 Å². The number of aliphatic hydroxyl groups is 1. The minimum atomic E-state index is -0.619. The first-order valence-corrected chi connectivity index (χ1v) is 11.1. The van der Waals surface area contributed by atoms with Crippen LogP contribution in [-0.4, -0.2) is 39.0 Å². The number of pyridine rings is 1. The van der Waals surface area contributed by atoms with E-state index in [9.17, 15) is 9.90 Å². The zero-order chi connectivity index (χ0) is 22.2. The summed E-state index contributed by atoms with van der Waals surface area (Å²) in [5.41, 5.74) is 3.84. The Labute approximate surface area is 186 Å². The summed E-state index contributed by atoms with van der Waals surface area (Å²) in [4.78, 5) is 22.6. The molecule has 32 heavy (non-hydrogen) atoms. The lowest BCUT2D eigenvalue weighted by Gasteiger charge is -2.29. The maximum atomic E-state index is 13.5. The van der Waals surface area contributed by atoms with Crippen LogP contribution in [0.3, 0.4) is 0 Å². The summed E-state index contributed by atoms with van der Waals surface area (Å²) in [5.74, 6) is 0.351. The topological polar surface area (TPSA) is 77.2 Å². The van der Waals surface area contributed by atoms with Gasteiger partial charge in [0, 0.05) is 23.9 Å². The summed E-state index contributed by atoms with van der Waals surface area (Å²) >= 11 is 0. The van der Waals surface area contributed by atoms with Crippen LogP contribution in [0.1, 0.15) is 49.0 Å². The predicted octanol–water partition coefficient (Wildman–Crippen LogP) is 3.98. The van der Waals surface area contributed by atoms with Crippen LogP contribution >= 0.6 is 0 Å². The Hall–Kier alpha value is -3.09. The van der Waals surface area contributed by atoms with Crippen molar-refractivity contribution in [2.45, 2.75) is 44.8 Å².